The fraction of sp³-hybridized carbons (Fsp3) is 0.571. The van der Waals surface area contributed by atoms with Crippen molar-refractivity contribution >= 4 is 17.8 Å². The second-order valence-electron chi connectivity index (χ2n) is 7.20. The van der Waals surface area contributed by atoms with Crippen LogP contribution in [0.25, 0.3) is 0 Å². The van der Waals surface area contributed by atoms with Gasteiger partial charge in [0.05, 0.1) is 6.04 Å². The van der Waals surface area contributed by atoms with Crippen LogP contribution >= 0.6 is 0 Å². The number of ketones is 1. The van der Waals surface area contributed by atoms with Crippen molar-refractivity contribution in [3.8, 4) is 0 Å². The standard InChI is InChI=1S/C21H32N2O4/c1-5-6-12-18(16(4)24)22-20(25)19(13-15(2)3)23-21(26)27-14-17-10-8-7-9-11-17/h7-11,15,18-19H,5-6,12-14H2,1-4H3,(H,22,25)(H,23,26)/t18?,19-/m0/s1. The topological polar surface area (TPSA) is 84.5 Å². The molecule has 1 aromatic rings. The summed E-state index contributed by atoms with van der Waals surface area (Å²) in [5.41, 5.74) is 0.869. The maximum absolute atomic E-state index is 12.6. The van der Waals surface area contributed by atoms with Crippen LogP contribution < -0.4 is 10.6 Å². The molecule has 0 fully saturated rings. The van der Waals surface area contributed by atoms with Crippen molar-refractivity contribution in [2.45, 2.75) is 72.1 Å². The van der Waals surface area contributed by atoms with Gasteiger partial charge < -0.3 is 15.4 Å². The predicted octanol–water partition coefficient (Wildman–Crippen LogP) is 3.59. The first-order valence-electron chi connectivity index (χ1n) is 9.61. The summed E-state index contributed by atoms with van der Waals surface area (Å²) in [4.78, 5) is 36.5. The molecular weight excluding hydrogens is 344 g/mol. The van der Waals surface area contributed by atoms with Crippen LogP contribution in [0.1, 0.15) is 58.9 Å². The zero-order valence-electron chi connectivity index (χ0n) is 16.8. The van der Waals surface area contributed by atoms with E-state index in [4.69, 9.17) is 4.74 Å². The smallest absolute Gasteiger partial charge is 0.408 e. The molecule has 2 atom stereocenters. The van der Waals surface area contributed by atoms with Gasteiger partial charge in [-0.15, -0.1) is 0 Å². The highest BCUT2D eigenvalue weighted by atomic mass is 16.5. The van der Waals surface area contributed by atoms with Crippen molar-refractivity contribution in [1.29, 1.82) is 0 Å². The van der Waals surface area contributed by atoms with E-state index in [0.717, 1.165) is 18.4 Å². The highest BCUT2D eigenvalue weighted by molar-refractivity contribution is 5.91. The Labute approximate surface area is 162 Å². The second-order valence-corrected chi connectivity index (χ2v) is 7.20. The number of amides is 2. The summed E-state index contributed by atoms with van der Waals surface area (Å²) in [6.07, 6.45) is 2.22. The van der Waals surface area contributed by atoms with Gasteiger partial charge in [0.15, 0.2) is 5.78 Å². The van der Waals surface area contributed by atoms with E-state index in [1.165, 1.54) is 6.92 Å². The quantitative estimate of drug-likeness (QED) is 0.618. The molecule has 2 amide bonds. The largest absolute Gasteiger partial charge is 0.445 e. The van der Waals surface area contributed by atoms with Gasteiger partial charge in [-0.1, -0.05) is 63.9 Å². The van der Waals surface area contributed by atoms with Crippen LogP contribution in [-0.2, 0) is 20.9 Å². The number of benzene rings is 1. The number of carbonyl (C=O) groups excluding carboxylic acids is 3. The third-order valence-electron chi connectivity index (χ3n) is 4.18. The number of rotatable bonds is 11. The van der Waals surface area contributed by atoms with Gasteiger partial charge in [0.2, 0.25) is 5.91 Å². The number of unbranched alkanes of at least 4 members (excludes halogenated alkanes) is 1. The molecule has 0 saturated carbocycles. The Morgan fingerprint density at radius 2 is 1.70 bits per heavy atom. The first-order chi connectivity index (χ1) is 12.8. The Morgan fingerprint density at radius 3 is 2.26 bits per heavy atom. The summed E-state index contributed by atoms with van der Waals surface area (Å²) in [5.74, 6) is -0.231. The van der Waals surface area contributed by atoms with Crippen LogP contribution in [0.5, 0.6) is 0 Å². The number of Topliss-reactive ketones (excluding diaryl/α,β-unsaturated/α-hetero) is 1. The van der Waals surface area contributed by atoms with E-state index in [9.17, 15) is 14.4 Å². The van der Waals surface area contributed by atoms with Crippen molar-refractivity contribution in [2.75, 3.05) is 0 Å². The Morgan fingerprint density at radius 1 is 1.04 bits per heavy atom. The Kier molecular flexibility index (Phi) is 10.2. The highest BCUT2D eigenvalue weighted by Crippen LogP contribution is 2.08. The van der Waals surface area contributed by atoms with E-state index in [2.05, 4.69) is 10.6 Å². The molecule has 0 spiro atoms. The van der Waals surface area contributed by atoms with Crippen LogP contribution in [0.4, 0.5) is 4.79 Å². The molecule has 6 nitrogen and oxygen atoms in total. The molecule has 2 N–H and O–H groups in total. The van der Waals surface area contributed by atoms with E-state index in [0.29, 0.717) is 12.8 Å². The molecule has 0 saturated heterocycles. The van der Waals surface area contributed by atoms with E-state index in [-0.39, 0.29) is 24.2 Å². The molecular formula is C21H32N2O4. The minimum Gasteiger partial charge on any atom is -0.445 e. The fourth-order valence-corrected chi connectivity index (χ4v) is 2.67. The van der Waals surface area contributed by atoms with Crippen molar-refractivity contribution in [2.24, 2.45) is 5.92 Å². The van der Waals surface area contributed by atoms with Crippen LogP contribution in [0.3, 0.4) is 0 Å². The number of nitrogens with one attached hydrogen (secondary N) is 2. The molecule has 0 heterocycles. The molecule has 0 radical (unpaired) electrons. The number of hydrogen-bond acceptors (Lipinski definition) is 4. The molecule has 6 heteroatoms. The molecule has 150 valence electrons. The van der Waals surface area contributed by atoms with Crippen molar-refractivity contribution in [3.05, 3.63) is 35.9 Å². The summed E-state index contributed by atoms with van der Waals surface area (Å²) < 4.78 is 5.21. The zero-order valence-corrected chi connectivity index (χ0v) is 16.8. The molecule has 1 aromatic carbocycles. The van der Waals surface area contributed by atoms with Gasteiger partial charge in [0.1, 0.15) is 12.6 Å². The summed E-state index contributed by atoms with van der Waals surface area (Å²) in [7, 11) is 0. The number of carbonyl (C=O) groups is 3. The van der Waals surface area contributed by atoms with Gasteiger partial charge in [-0.3, -0.25) is 9.59 Å². The summed E-state index contributed by atoms with van der Waals surface area (Å²) in [6.45, 7) is 7.58. The van der Waals surface area contributed by atoms with E-state index >= 15 is 0 Å². The van der Waals surface area contributed by atoms with Gasteiger partial charge in [-0.05, 0) is 31.2 Å². The third kappa shape index (κ3) is 9.22. The normalized spacial score (nSPS) is 12.9. The first-order valence-corrected chi connectivity index (χ1v) is 9.61. The summed E-state index contributed by atoms with van der Waals surface area (Å²) >= 11 is 0. The fourth-order valence-electron chi connectivity index (χ4n) is 2.67. The molecule has 0 bridgehead atoms. The average molecular weight is 376 g/mol. The van der Waals surface area contributed by atoms with Crippen LogP contribution in [0.15, 0.2) is 30.3 Å². The van der Waals surface area contributed by atoms with E-state index in [1.807, 2.05) is 51.1 Å². The zero-order chi connectivity index (χ0) is 20.2. The van der Waals surface area contributed by atoms with Crippen LogP contribution in [-0.4, -0.2) is 29.9 Å². The average Bonchev–Trinajstić information content (AvgIpc) is 2.63. The lowest BCUT2D eigenvalue weighted by Crippen LogP contribution is -2.51. The number of ether oxygens (including phenoxy) is 1. The molecule has 0 aliphatic carbocycles. The number of hydrogen-bond donors (Lipinski definition) is 2. The van der Waals surface area contributed by atoms with Gasteiger partial charge >= 0.3 is 6.09 Å². The third-order valence-corrected chi connectivity index (χ3v) is 4.18. The summed E-state index contributed by atoms with van der Waals surface area (Å²) in [6, 6.07) is 8.07. The van der Waals surface area contributed by atoms with Crippen molar-refractivity contribution in [1.82, 2.24) is 10.6 Å². The molecule has 27 heavy (non-hydrogen) atoms. The first kappa shape index (κ1) is 22.7. The Balaban J connectivity index is 2.65. The lowest BCUT2D eigenvalue weighted by molar-refractivity contribution is -0.128. The SMILES string of the molecule is CCCCC(NC(=O)[C@H](CC(C)C)NC(=O)OCc1ccccc1)C(C)=O. The predicted molar refractivity (Wildman–Crippen MR) is 105 cm³/mol. The number of alkyl carbamates (subject to hydrolysis) is 1. The van der Waals surface area contributed by atoms with Crippen molar-refractivity contribution < 1.29 is 19.1 Å². The second kappa shape index (κ2) is 12.1. The molecule has 0 aromatic heterocycles. The molecule has 1 rings (SSSR count). The highest BCUT2D eigenvalue weighted by Gasteiger charge is 2.26. The van der Waals surface area contributed by atoms with Crippen LogP contribution in [0.2, 0.25) is 0 Å². The van der Waals surface area contributed by atoms with E-state index < -0.39 is 18.2 Å². The van der Waals surface area contributed by atoms with Crippen molar-refractivity contribution in [3.63, 3.8) is 0 Å². The Hall–Kier alpha value is -2.37. The maximum Gasteiger partial charge on any atom is 0.408 e. The lowest BCUT2D eigenvalue weighted by Gasteiger charge is -2.23. The lowest BCUT2D eigenvalue weighted by atomic mass is 10.0. The molecule has 0 aliphatic heterocycles. The van der Waals surface area contributed by atoms with Gasteiger partial charge in [-0.25, -0.2) is 4.79 Å². The molecule has 1 unspecified atom stereocenters. The van der Waals surface area contributed by atoms with E-state index in [1.54, 1.807) is 0 Å². The van der Waals surface area contributed by atoms with Crippen LogP contribution in [0, 0.1) is 5.92 Å². The minimum atomic E-state index is -0.739. The van der Waals surface area contributed by atoms with Gasteiger partial charge in [0.25, 0.3) is 0 Å². The van der Waals surface area contributed by atoms with Gasteiger partial charge in [-0.2, -0.15) is 0 Å². The minimum absolute atomic E-state index is 0.0771. The maximum atomic E-state index is 12.6. The molecule has 0 aliphatic rings. The summed E-state index contributed by atoms with van der Waals surface area (Å²) in [5, 5.41) is 5.41. The monoisotopic (exact) mass is 376 g/mol. The Bertz CT molecular complexity index is 601. The van der Waals surface area contributed by atoms with Gasteiger partial charge in [0, 0.05) is 0 Å².